The van der Waals surface area contributed by atoms with Crippen LogP contribution >= 0.6 is 95.3 Å². The second kappa shape index (κ2) is 50.8. The third-order valence-corrected chi connectivity index (χ3v) is 25.8. The Kier molecular flexibility index (Phi) is 50.0. The molecular formula is C72H123F2N4NiO27P3S6. The van der Waals surface area contributed by atoms with Crippen molar-refractivity contribution in [1.29, 1.82) is 0 Å². The van der Waals surface area contributed by atoms with E-state index in [0.717, 1.165) is 115 Å². The number of aliphatic hydroxyl groups excluding tert-OH is 1. The van der Waals surface area contributed by atoms with Crippen LogP contribution < -0.4 is 22.5 Å². The minimum atomic E-state index is -4.57. The second-order valence-electron chi connectivity index (χ2n) is 32.1. The molecule has 4 N–H and O–H groups in total. The van der Waals surface area contributed by atoms with Crippen molar-refractivity contribution in [2.45, 2.75) is 232 Å². The number of phosphoric ester groups is 2. The van der Waals surface area contributed by atoms with Crippen LogP contribution in [-0.4, -0.2) is 196 Å². The minimum Gasteiger partial charge on any atom is -0.384 e. The standard InChI is InChI=1S/C26H40FN2O12PS2.C24H38FN2O11PS2.C16H31O4PS2.2C3H7.Ni/c1-23(2,3)19(31)43-13-11-36-42(34,37-12-14-44-20(32)24(4,5)6)38-15-26(27)17-25(7,41-22(35-8)39-17)18(40-26)29-10-9-16(30)28-21(29)33;1-21(2,3)18(30)40-12-10-35-39(34,36-11-13-41-19(31)22(4,5)6)37-14-24(25)16(29)23(7,33)17(38-24)27-9-8-15(28)26-20(27)32;1-15(2,3)13(17)22-11-8-7-9-19-21-20-10-12-23-14(18)16(4,5)6;2*1-3-2;/h9-10,17-18,22H,11-15H2,1-8H3,(H,28,30,33);8-9,16-17,29,33H,10-14H2,1-7H3,(H,26,28,32);21H,7-12H2,1-6H3;2*1,3H2,2H3;/q;;;2*-1;+2/t17-,18+,22?,25+,26+;16-,17+,23+,24+;;;;/m00..../s1. The van der Waals surface area contributed by atoms with Gasteiger partial charge in [-0.1, -0.05) is 209 Å². The predicted octanol–water partition coefficient (Wildman–Crippen LogP) is 13.6. The van der Waals surface area contributed by atoms with Crippen molar-refractivity contribution in [1.82, 2.24) is 19.1 Å². The molecule has 2 aromatic heterocycles. The Bertz CT molecular complexity index is 3600. The molecule has 0 saturated carbocycles. The Morgan fingerprint density at radius 1 is 0.513 bits per heavy atom. The van der Waals surface area contributed by atoms with Gasteiger partial charge in [0.1, 0.15) is 30.5 Å². The number of thioether (sulfide) groups is 6. The van der Waals surface area contributed by atoms with Gasteiger partial charge in [-0.3, -0.25) is 84.6 Å². The van der Waals surface area contributed by atoms with Gasteiger partial charge in [0.2, 0.25) is 0 Å². The number of aromatic nitrogens is 4. The molecule has 0 aromatic carbocycles. The number of halogens is 2. The summed E-state index contributed by atoms with van der Waals surface area (Å²) in [6.07, 6.45) is -1.23. The van der Waals surface area contributed by atoms with Gasteiger partial charge in [0.25, 0.3) is 29.3 Å². The molecule has 2 unspecified atom stereocenters. The third kappa shape index (κ3) is 39.7. The van der Waals surface area contributed by atoms with Crippen molar-refractivity contribution in [2.75, 3.05) is 94.5 Å². The summed E-state index contributed by atoms with van der Waals surface area (Å²) in [6.45, 7) is 42.3. The SMILES string of the molecule is CC(C)(C)C(=O)SCCCCOPOCCSC(=O)C(C)(C)C.CC(C)(C)C(=O)SCCOP(=O)(OCCSC(=O)C(C)(C)C)OC[C@@]1(F)O[C@@H](n2ccc(=O)[nH]c2=O)[C@](C)(O)[C@@H]1O.COC1O[C@H]2[C@@](C)(O1)[C@H](n1ccc(=O)[nH]c1=O)O[C@]2(F)COP(=O)(OCCSC(=O)C(C)(C)C)OCCSC(=O)C(C)(C)C.[CH2-]CC.[CH2-]CC.[Ni+2]. The van der Waals surface area contributed by atoms with Crippen molar-refractivity contribution in [2.24, 2.45) is 32.5 Å². The average molecular weight is 1860 g/mol. The van der Waals surface area contributed by atoms with Crippen LogP contribution in [0.3, 0.4) is 0 Å². The Balaban J connectivity index is 0.00000170. The predicted molar refractivity (Wildman–Crippen MR) is 446 cm³/mol. The Hall–Kier alpha value is -1.88. The Morgan fingerprint density at radius 3 is 1.15 bits per heavy atom. The molecule has 0 spiro atoms. The van der Waals surface area contributed by atoms with Crippen molar-refractivity contribution in [3.05, 3.63) is 80.1 Å². The molecule has 31 nitrogen and oxygen atoms in total. The van der Waals surface area contributed by atoms with Crippen molar-refractivity contribution < 1.29 is 133 Å². The number of ether oxygens (including phenoxy) is 5. The summed E-state index contributed by atoms with van der Waals surface area (Å²) in [5.74, 6) is -4.26. The molecule has 3 saturated heterocycles. The molecule has 3 fully saturated rings. The van der Waals surface area contributed by atoms with Gasteiger partial charge in [0.05, 0.1) is 39.6 Å². The van der Waals surface area contributed by atoms with Crippen molar-refractivity contribution in [3.8, 4) is 0 Å². The number of aliphatic hydroxyl groups is 2. The fraction of sp³-hybridized carbons (Fsp3) is 0.778. The van der Waals surface area contributed by atoms with Crippen LogP contribution in [0.2, 0.25) is 0 Å². The number of methoxy groups -OCH3 is 1. The van der Waals surface area contributed by atoms with Gasteiger partial charge in [-0.15, -0.1) is 0 Å². The first-order chi connectivity index (χ1) is 52.2. The fourth-order valence-electron chi connectivity index (χ4n) is 8.52. The topological polar surface area (TPSA) is 407 Å². The van der Waals surface area contributed by atoms with Crippen LogP contribution in [-0.2, 0) is 114 Å². The van der Waals surface area contributed by atoms with Crippen LogP contribution in [0.5, 0.6) is 0 Å². The molecule has 0 aliphatic carbocycles. The van der Waals surface area contributed by atoms with E-state index in [1.54, 1.807) is 83.1 Å². The van der Waals surface area contributed by atoms with Crippen LogP contribution in [0.4, 0.5) is 8.78 Å². The maximum Gasteiger partial charge on any atom is 2.00 e. The number of alkyl halides is 2. The van der Waals surface area contributed by atoms with E-state index in [1.807, 2.05) is 60.4 Å². The average Bonchev–Trinajstić information content (AvgIpc) is 1.55. The first-order valence-corrected chi connectivity index (χ1v) is 46.2. The number of hydrogen-bond acceptors (Lipinski definition) is 33. The quantitative estimate of drug-likeness (QED) is 0.0215. The number of H-pyrrole nitrogens is 2. The normalized spacial score (nSPS) is 22.5. The van der Waals surface area contributed by atoms with E-state index in [1.165, 1.54) is 37.6 Å². The maximum atomic E-state index is 16.6. The van der Waals surface area contributed by atoms with Crippen LogP contribution in [0.1, 0.15) is 190 Å². The number of phosphoric acid groups is 2. The summed E-state index contributed by atoms with van der Waals surface area (Å²) >= 11 is 6.50. The first-order valence-electron chi connectivity index (χ1n) is 36.5. The molecule has 2 aromatic rings. The largest absolute Gasteiger partial charge is 2.00 e. The molecular weight excluding hydrogens is 1730 g/mol. The van der Waals surface area contributed by atoms with Gasteiger partial charge in [-0.05, 0) is 26.7 Å². The van der Waals surface area contributed by atoms with Crippen LogP contribution in [0.25, 0.3) is 0 Å². The third-order valence-electron chi connectivity index (χ3n) is 14.7. The number of rotatable bonds is 35. The van der Waals surface area contributed by atoms with E-state index in [2.05, 4.69) is 18.8 Å². The number of unbranched alkanes of at least 4 members (excludes halogenated alkanes) is 1. The zero-order valence-electron chi connectivity index (χ0n) is 70.2. The van der Waals surface area contributed by atoms with E-state index >= 15 is 8.78 Å². The first kappa shape index (κ1) is 113. The second-order valence-corrected chi connectivity index (χ2v) is 42.6. The van der Waals surface area contributed by atoms with Gasteiger partial charge < -0.3 is 56.8 Å². The van der Waals surface area contributed by atoms with E-state index in [-0.39, 0.29) is 116 Å². The summed E-state index contributed by atoms with van der Waals surface area (Å²) < 4.78 is 131. The number of carbonyl (C=O) groups excluding carboxylic acids is 6. The van der Waals surface area contributed by atoms with Crippen molar-refractivity contribution in [3.63, 3.8) is 0 Å². The smallest absolute Gasteiger partial charge is 0.384 e. The zero-order chi connectivity index (χ0) is 87.9. The number of nitrogens with zero attached hydrogens (tertiary/aromatic N) is 2. The molecule has 5 rings (SSSR count). The molecule has 3 aliphatic rings. The minimum absolute atomic E-state index is 0. The molecule has 43 heteroatoms. The summed E-state index contributed by atoms with van der Waals surface area (Å²) in [7, 11) is -7.81. The summed E-state index contributed by atoms with van der Waals surface area (Å²) in [4.78, 5) is 124. The molecule has 3 aliphatic heterocycles. The van der Waals surface area contributed by atoms with Crippen LogP contribution in [0, 0.1) is 46.3 Å². The molecule has 0 amide bonds. The van der Waals surface area contributed by atoms with Gasteiger partial charge in [0, 0.05) is 98.6 Å². The van der Waals surface area contributed by atoms with Gasteiger partial charge in [-0.25, -0.2) is 27.5 Å². The van der Waals surface area contributed by atoms with E-state index in [9.17, 15) is 67.3 Å². The number of hydrogen-bond donors (Lipinski definition) is 4. The van der Waals surface area contributed by atoms with E-state index in [0.29, 0.717) is 23.5 Å². The summed E-state index contributed by atoms with van der Waals surface area (Å²) in [6, 6.07) is 1.98. The van der Waals surface area contributed by atoms with E-state index < -0.39 is 127 Å². The van der Waals surface area contributed by atoms with Gasteiger partial charge >= 0.3 is 43.5 Å². The Morgan fingerprint density at radius 2 is 0.817 bits per heavy atom. The molecule has 0 radical (unpaired) electrons. The molecule has 115 heavy (non-hydrogen) atoms. The fourth-order valence-corrected chi connectivity index (χ4v) is 16.9. The van der Waals surface area contributed by atoms with Crippen molar-refractivity contribution >= 4 is 126 Å². The summed E-state index contributed by atoms with van der Waals surface area (Å²) in [5, 5.41) is 21.3. The number of carbonyl (C=O) groups is 6. The number of nitrogens with one attached hydrogen (secondary N) is 2. The van der Waals surface area contributed by atoms with Gasteiger partial charge in [0.15, 0.2) is 58.3 Å². The number of aromatic amines is 2. The maximum absolute atomic E-state index is 16.6. The van der Waals surface area contributed by atoms with Crippen LogP contribution in [0.15, 0.2) is 43.7 Å². The van der Waals surface area contributed by atoms with E-state index in [4.69, 9.17) is 59.9 Å². The Labute approximate surface area is 712 Å². The molecule has 5 heterocycles. The zero-order valence-corrected chi connectivity index (χ0v) is 78.9. The molecule has 10 atom stereocenters. The summed E-state index contributed by atoms with van der Waals surface area (Å²) in [5.41, 5.74) is -10.5. The number of fused-ring (bicyclic) bond motifs is 1. The monoisotopic (exact) mass is 1860 g/mol. The molecule has 668 valence electrons. The molecule has 0 bridgehead atoms. The van der Waals surface area contributed by atoms with Gasteiger partial charge in [-0.2, -0.15) is 12.8 Å².